The van der Waals surface area contributed by atoms with E-state index in [4.69, 9.17) is 11.6 Å². The molecule has 94 valence electrons. The van der Waals surface area contributed by atoms with Crippen LogP contribution in [0.4, 0.5) is 0 Å². The molecule has 0 aliphatic rings. The number of hydrogen-bond donors (Lipinski definition) is 1. The van der Waals surface area contributed by atoms with Crippen LogP contribution in [0.1, 0.15) is 10.4 Å². The molecule has 1 aromatic heterocycles. The van der Waals surface area contributed by atoms with E-state index in [-0.39, 0.29) is 5.91 Å². The first-order valence-electron chi connectivity index (χ1n) is 5.36. The van der Waals surface area contributed by atoms with Crippen molar-refractivity contribution in [1.29, 1.82) is 0 Å². The molecule has 0 radical (unpaired) electrons. The van der Waals surface area contributed by atoms with E-state index in [0.717, 1.165) is 0 Å². The maximum Gasteiger partial charge on any atom is 0.252 e. The molecule has 2 rings (SSSR count). The molecule has 0 atom stereocenters. The van der Waals surface area contributed by atoms with E-state index in [9.17, 15) is 4.79 Å². The molecule has 0 bridgehead atoms. The van der Waals surface area contributed by atoms with Crippen LogP contribution < -0.4 is 5.32 Å². The average Bonchev–Trinajstić information content (AvgIpc) is 2.85. The highest BCUT2D eigenvalue weighted by Gasteiger charge is 2.11. The fourth-order valence-electron chi connectivity index (χ4n) is 1.49. The number of rotatable bonds is 4. The van der Waals surface area contributed by atoms with Gasteiger partial charge in [-0.2, -0.15) is 0 Å². The predicted molar refractivity (Wildman–Crippen MR) is 73.7 cm³/mol. The number of nitrogens with one attached hydrogen (secondary N) is 1. The third kappa shape index (κ3) is 3.11. The summed E-state index contributed by atoms with van der Waals surface area (Å²) in [6, 6.07) is 5.27. The van der Waals surface area contributed by atoms with Crippen molar-refractivity contribution in [3.05, 3.63) is 52.0 Å². The van der Waals surface area contributed by atoms with Crippen molar-refractivity contribution in [3.63, 3.8) is 0 Å². The lowest BCUT2D eigenvalue weighted by atomic mass is 10.2. The van der Waals surface area contributed by atoms with Gasteiger partial charge in [-0.3, -0.25) is 4.79 Å². The second kappa shape index (κ2) is 6.02. The minimum Gasteiger partial charge on any atom is -0.350 e. The average molecular weight is 329 g/mol. The Bertz CT molecular complexity index is 542. The summed E-state index contributed by atoms with van der Waals surface area (Å²) in [6.45, 7) is 1.20. The van der Waals surface area contributed by atoms with E-state index in [1.54, 1.807) is 30.7 Å². The monoisotopic (exact) mass is 327 g/mol. The standard InChI is InChI=1S/C12H11BrClN3O/c13-10-3-1-2-9(11(10)14)12(18)16-5-7-17-6-4-15-8-17/h1-4,6,8H,5,7H2,(H,16,18). The van der Waals surface area contributed by atoms with Crippen LogP contribution in [0, 0.1) is 0 Å². The summed E-state index contributed by atoms with van der Waals surface area (Å²) < 4.78 is 2.61. The molecular weight excluding hydrogens is 318 g/mol. The van der Waals surface area contributed by atoms with Crippen LogP contribution in [0.3, 0.4) is 0 Å². The van der Waals surface area contributed by atoms with Crippen molar-refractivity contribution < 1.29 is 4.79 Å². The highest BCUT2D eigenvalue weighted by Crippen LogP contribution is 2.25. The molecule has 0 aliphatic heterocycles. The van der Waals surface area contributed by atoms with Gasteiger partial charge in [0.05, 0.1) is 16.9 Å². The quantitative estimate of drug-likeness (QED) is 0.938. The summed E-state index contributed by atoms with van der Waals surface area (Å²) in [4.78, 5) is 15.8. The number of carbonyl (C=O) groups is 1. The van der Waals surface area contributed by atoms with E-state index < -0.39 is 0 Å². The van der Waals surface area contributed by atoms with Gasteiger partial charge in [-0.1, -0.05) is 17.7 Å². The number of hydrogen-bond acceptors (Lipinski definition) is 2. The highest BCUT2D eigenvalue weighted by atomic mass is 79.9. The molecule has 0 saturated heterocycles. The van der Waals surface area contributed by atoms with Gasteiger partial charge in [0.2, 0.25) is 0 Å². The molecule has 4 nitrogen and oxygen atoms in total. The number of amides is 1. The molecule has 0 spiro atoms. The summed E-state index contributed by atoms with van der Waals surface area (Å²) in [5, 5.41) is 3.24. The van der Waals surface area contributed by atoms with Crippen molar-refractivity contribution in [1.82, 2.24) is 14.9 Å². The first-order chi connectivity index (χ1) is 8.68. The van der Waals surface area contributed by atoms with Crippen molar-refractivity contribution >= 4 is 33.4 Å². The molecule has 0 fully saturated rings. The second-order valence-electron chi connectivity index (χ2n) is 3.66. The molecule has 6 heteroatoms. The Morgan fingerprint density at radius 1 is 1.50 bits per heavy atom. The van der Waals surface area contributed by atoms with Gasteiger partial charge in [0.1, 0.15) is 0 Å². The Balaban J connectivity index is 1.93. The summed E-state index contributed by atoms with van der Waals surface area (Å²) in [7, 11) is 0. The van der Waals surface area contributed by atoms with E-state index in [2.05, 4.69) is 26.2 Å². The summed E-state index contributed by atoms with van der Waals surface area (Å²) in [6.07, 6.45) is 5.25. The van der Waals surface area contributed by atoms with Gasteiger partial charge in [-0.25, -0.2) is 4.98 Å². The van der Waals surface area contributed by atoms with Crippen molar-refractivity contribution in [2.45, 2.75) is 6.54 Å². The van der Waals surface area contributed by atoms with E-state index in [1.165, 1.54) is 0 Å². The van der Waals surface area contributed by atoms with Gasteiger partial charge in [0, 0.05) is 30.0 Å². The van der Waals surface area contributed by atoms with E-state index >= 15 is 0 Å². The zero-order chi connectivity index (χ0) is 13.0. The smallest absolute Gasteiger partial charge is 0.252 e. The third-order valence-electron chi connectivity index (χ3n) is 2.41. The molecule has 1 aromatic carbocycles. The van der Waals surface area contributed by atoms with Crippen molar-refractivity contribution in [3.8, 4) is 0 Å². The number of imidazole rings is 1. The minimum absolute atomic E-state index is 0.179. The molecule has 0 aliphatic carbocycles. The lowest BCUT2D eigenvalue weighted by Gasteiger charge is -2.08. The molecular formula is C12H11BrClN3O. The fraction of sp³-hybridized carbons (Fsp3) is 0.167. The summed E-state index contributed by atoms with van der Waals surface area (Å²) in [5.74, 6) is -0.179. The van der Waals surface area contributed by atoms with Crippen LogP contribution in [0.2, 0.25) is 5.02 Å². The van der Waals surface area contributed by atoms with Gasteiger partial charge >= 0.3 is 0 Å². The Labute approximate surface area is 118 Å². The molecule has 2 aromatic rings. The fourth-order valence-corrected chi connectivity index (χ4v) is 2.07. The number of halogens is 2. The topological polar surface area (TPSA) is 46.9 Å². The van der Waals surface area contributed by atoms with Crippen LogP contribution in [0.15, 0.2) is 41.4 Å². The van der Waals surface area contributed by atoms with Gasteiger partial charge in [-0.15, -0.1) is 0 Å². The maximum absolute atomic E-state index is 11.9. The second-order valence-corrected chi connectivity index (χ2v) is 4.89. The Kier molecular flexibility index (Phi) is 4.38. The summed E-state index contributed by atoms with van der Waals surface area (Å²) in [5.41, 5.74) is 0.469. The Morgan fingerprint density at radius 2 is 2.33 bits per heavy atom. The lowest BCUT2D eigenvalue weighted by molar-refractivity contribution is 0.0952. The Hall–Kier alpha value is -1.33. The minimum atomic E-state index is -0.179. The number of benzene rings is 1. The highest BCUT2D eigenvalue weighted by molar-refractivity contribution is 9.10. The SMILES string of the molecule is O=C(NCCn1ccnc1)c1cccc(Br)c1Cl. The van der Waals surface area contributed by atoms with Gasteiger partial charge < -0.3 is 9.88 Å². The normalized spacial score (nSPS) is 10.3. The molecule has 0 unspecified atom stereocenters. The van der Waals surface area contributed by atoms with E-state index in [0.29, 0.717) is 28.1 Å². The van der Waals surface area contributed by atoms with Crippen LogP contribution >= 0.6 is 27.5 Å². The van der Waals surface area contributed by atoms with Crippen LogP contribution in [-0.2, 0) is 6.54 Å². The van der Waals surface area contributed by atoms with Gasteiger partial charge in [0.25, 0.3) is 5.91 Å². The zero-order valence-electron chi connectivity index (χ0n) is 9.44. The van der Waals surface area contributed by atoms with E-state index in [1.807, 2.05) is 10.8 Å². The number of nitrogens with zero attached hydrogens (tertiary/aromatic N) is 2. The zero-order valence-corrected chi connectivity index (χ0v) is 11.8. The lowest BCUT2D eigenvalue weighted by Crippen LogP contribution is -2.27. The molecule has 1 amide bonds. The predicted octanol–water partition coefficient (Wildman–Crippen LogP) is 2.73. The molecule has 1 heterocycles. The molecule has 0 saturated carbocycles. The largest absolute Gasteiger partial charge is 0.350 e. The summed E-state index contributed by atoms with van der Waals surface area (Å²) >= 11 is 9.33. The number of carbonyl (C=O) groups excluding carboxylic acids is 1. The van der Waals surface area contributed by atoms with Gasteiger partial charge in [-0.05, 0) is 28.1 Å². The molecule has 1 N–H and O–H groups in total. The first kappa shape index (κ1) is 13.1. The first-order valence-corrected chi connectivity index (χ1v) is 6.53. The van der Waals surface area contributed by atoms with Crippen LogP contribution in [0.25, 0.3) is 0 Å². The van der Waals surface area contributed by atoms with Crippen molar-refractivity contribution in [2.75, 3.05) is 6.54 Å². The molecule has 18 heavy (non-hydrogen) atoms. The van der Waals surface area contributed by atoms with Crippen LogP contribution in [-0.4, -0.2) is 22.0 Å². The number of aromatic nitrogens is 2. The third-order valence-corrected chi connectivity index (χ3v) is 3.71. The maximum atomic E-state index is 11.9. The van der Waals surface area contributed by atoms with Crippen LogP contribution in [0.5, 0.6) is 0 Å². The van der Waals surface area contributed by atoms with Crippen molar-refractivity contribution in [2.24, 2.45) is 0 Å². The van der Waals surface area contributed by atoms with Gasteiger partial charge in [0.15, 0.2) is 0 Å². The Morgan fingerprint density at radius 3 is 3.06 bits per heavy atom.